The molecule has 0 unspecified atom stereocenters. The third-order valence-electron chi connectivity index (χ3n) is 2.54. The first-order valence-corrected chi connectivity index (χ1v) is 7.89. The van der Waals surface area contributed by atoms with Crippen LogP contribution in [0.5, 0.6) is 0 Å². The topological polar surface area (TPSA) is 70.8 Å². The number of aliphatic imine (C=N–C) groups is 2. The second-order valence-electron chi connectivity index (χ2n) is 6.48. The van der Waals surface area contributed by atoms with Crippen molar-refractivity contribution in [1.82, 2.24) is 0 Å². The summed E-state index contributed by atoms with van der Waals surface area (Å²) in [7, 11) is 0. The third kappa shape index (κ3) is 7.75. The van der Waals surface area contributed by atoms with Gasteiger partial charge in [0.1, 0.15) is 0 Å². The predicted molar refractivity (Wildman–Crippen MR) is 96.0 cm³/mol. The van der Waals surface area contributed by atoms with E-state index in [9.17, 15) is 10.2 Å². The quantitative estimate of drug-likeness (QED) is 0.475. The van der Waals surface area contributed by atoms with Crippen molar-refractivity contribution in [2.24, 2.45) is 9.98 Å². The molecule has 0 radical (unpaired) electrons. The second-order valence-corrected chi connectivity index (χ2v) is 8.90. The van der Waals surface area contributed by atoms with Gasteiger partial charge in [-0.25, -0.2) is 0 Å². The Morgan fingerprint density at radius 3 is 1.45 bits per heavy atom. The van der Waals surface area contributed by atoms with Crippen molar-refractivity contribution in [2.45, 2.75) is 50.0 Å². The molecule has 0 aliphatic heterocycles. The molecule has 22 heavy (non-hydrogen) atoms. The lowest BCUT2D eigenvalue weighted by Gasteiger charge is -2.23. The lowest BCUT2D eigenvalue weighted by Crippen LogP contribution is -2.26. The first-order chi connectivity index (χ1) is 9.96. The van der Waals surface area contributed by atoms with Gasteiger partial charge in [0.15, 0.2) is 0 Å². The summed E-state index contributed by atoms with van der Waals surface area (Å²) in [6.45, 7) is 7.38. The minimum atomic E-state index is -0.432. The van der Waals surface area contributed by atoms with Crippen LogP contribution in [-0.4, -0.2) is 21.3 Å². The molecule has 0 fully saturated rings. The van der Waals surface area contributed by atoms with E-state index in [1.165, 1.54) is 0 Å². The average Bonchev–Trinajstić information content (AvgIpc) is 2.26. The highest BCUT2D eigenvalue weighted by Gasteiger charge is 2.12. The lowest BCUT2D eigenvalue weighted by atomic mass is 10.1. The summed E-state index contributed by atoms with van der Waals surface area (Å²) in [5.74, 6) is -0.575. The summed E-state index contributed by atoms with van der Waals surface area (Å²) in [5.41, 5.74) is 0.797. The maximum absolute atomic E-state index is 11.9. The van der Waals surface area contributed by atoms with E-state index in [1.807, 2.05) is 27.7 Å². The fourth-order valence-corrected chi connectivity index (χ4v) is 2.01. The highest BCUT2D eigenvalue weighted by Crippen LogP contribution is 2.29. The summed E-state index contributed by atoms with van der Waals surface area (Å²) in [4.78, 5) is 8.08. The fourth-order valence-electron chi connectivity index (χ4n) is 1.74. The SMILES string of the molecule is CC(C)(S)CC([O-])=Nc1ccccc1N=C([O-])CC(C)(C)S. The molecule has 0 aliphatic carbocycles. The first-order valence-electron chi connectivity index (χ1n) is 6.99. The number of hydrogen-bond acceptors (Lipinski definition) is 6. The summed E-state index contributed by atoms with van der Waals surface area (Å²) >= 11 is 8.64. The fraction of sp³-hybridized carbons (Fsp3) is 0.500. The van der Waals surface area contributed by atoms with E-state index < -0.39 is 9.49 Å². The molecule has 0 spiro atoms. The van der Waals surface area contributed by atoms with Crippen molar-refractivity contribution in [3.63, 3.8) is 0 Å². The number of rotatable bonds is 6. The summed E-state index contributed by atoms with van der Waals surface area (Å²) in [6, 6.07) is 6.84. The van der Waals surface area contributed by atoms with Crippen LogP contribution < -0.4 is 10.2 Å². The summed E-state index contributed by atoms with van der Waals surface area (Å²) in [6.07, 6.45) is 0.421. The molecule has 0 atom stereocenters. The smallest absolute Gasteiger partial charge is 0.0874 e. The zero-order chi connectivity index (χ0) is 17.0. The van der Waals surface area contributed by atoms with Crippen LogP contribution >= 0.6 is 25.3 Å². The number of para-hydroxylation sites is 2. The van der Waals surface area contributed by atoms with Crippen LogP contribution in [0.3, 0.4) is 0 Å². The van der Waals surface area contributed by atoms with E-state index in [0.29, 0.717) is 11.4 Å². The Morgan fingerprint density at radius 2 is 1.18 bits per heavy atom. The van der Waals surface area contributed by atoms with Gasteiger partial charge in [-0.2, -0.15) is 25.3 Å². The van der Waals surface area contributed by atoms with E-state index in [1.54, 1.807) is 24.3 Å². The molecule has 1 rings (SSSR count). The Bertz CT molecular complexity index is 519. The molecule has 0 heterocycles. The van der Waals surface area contributed by atoms with Gasteiger partial charge < -0.3 is 10.2 Å². The highest BCUT2D eigenvalue weighted by molar-refractivity contribution is 7.82. The molecule has 1 aromatic carbocycles. The van der Waals surface area contributed by atoms with Crippen molar-refractivity contribution in [2.75, 3.05) is 0 Å². The Kier molecular flexibility index (Phi) is 6.38. The Hall–Kier alpha value is -1.14. The largest absolute Gasteiger partial charge is 0.862 e. The van der Waals surface area contributed by atoms with Crippen molar-refractivity contribution < 1.29 is 10.2 Å². The van der Waals surface area contributed by atoms with Crippen molar-refractivity contribution >= 4 is 48.4 Å². The molecule has 0 amide bonds. The van der Waals surface area contributed by atoms with Gasteiger partial charge in [-0.1, -0.05) is 39.8 Å². The number of benzene rings is 1. The van der Waals surface area contributed by atoms with Crippen LogP contribution in [0.15, 0.2) is 34.3 Å². The van der Waals surface area contributed by atoms with Gasteiger partial charge in [0.25, 0.3) is 0 Å². The Labute approximate surface area is 143 Å². The van der Waals surface area contributed by atoms with Crippen LogP contribution in [0, 0.1) is 0 Å². The monoisotopic (exact) mass is 338 g/mol. The second kappa shape index (κ2) is 7.42. The van der Waals surface area contributed by atoms with E-state index >= 15 is 0 Å². The van der Waals surface area contributed by atoms with Crippen LogP contribution in [0.1, 0.15) is 40.5 Å². The van der Waals surface area contributed by atoms with Gasteiger partial charge in [0, 0.05) is 9.49 Å². The van der Waals surface area contributed by atoms with Crippen LogP contribution in [0.2, 0.25) is 0 Å². The molecular weight excluding hydrogens is 316 g/mol. The van der Waals surface area contributed by atoms with Crippen molar-refractivity contribution in [3.05, 3.63) is 24.3 Å². The summed E-state index contributed by atoms with van der Waals surface area (Å²) in [5, 5.41) is 23.9. The average molecular weight is 338 g/mol. The van der Waals surface area contributed by atoms with E-state index in [0.717, 1.165) is 0 Å². The van der Waals surface area contributed by atoms with E-state index in [2.05, 4.69) is 35.2 Å². The Morgan fingerprint density at radius 1 is 0.864 bits per heavy atom. The standard InChI is InChI=1S/C16H24N2O2S2/c1-15(2,21)9-13(19)17-11-7-5-6-8-12(11)18-14(20)10-16(3,4)22/h5-8,21-22H,9-10H2,1-4H3,(H,17,19)(H,18,20)/p-2. The highest BCUT2D eigenvalue weighted by atomic mass is 32.1. The molecule has 6 heteroatoms. The maximum atomic E-state index is 11.9. The molecule has 1 aromatic rings. The van der Waals surface area contributed by atoms with Gasteiger partial charge in [-0.3, -0.25) is 9.98 Å². The minimum absolute atomic E-state index is 0.210. The molecule has 122 valence electrons. The van der Waals surface area contributed by atoms with Gasteiger partial charge in [-0.05, 0) is 36.8 Å². The zero-order valence-electron chi connectivity index (χ0n) is 13.3. The van der Waals surface area contributed by atoms with Crippen LogP contribution in [0.25, 0.3) is 0 Å². The molecule has 0 bridgehead atoms. The first kappa shape index (κ1) is 18.9. The maximum Gasteiger partial charge on any atom is 0.0874 e. The van der Waals surface area contributed by atoms with Crippen LogP contribution in [-0.2, 0) is 0 Å². The summed E-state index contributed by atoms with van der Waals surface area (Å²) < 4.78 is -0.864. The lowest BCUT2D eigenvalue weighted by molar-refractivity contribution is -0.219. The third-order valence-corrected chi connectivity index (χ3v) is 2.86. The van der Waals surface area contributed by atoms with Gasteiger partial charge in [0.05, 0.1) is 11.4 Å². The Balaban J connectivity index is 3.05. The van der Waals surface area contributed by atoms with Crippen molar-refractivity contribution in [3.8, 4) is 0 Å². The number of hydrogen-bond donors (Lipinski definition) is 2. The van der Waals surface area contributed by atoms with Gasteiger partial charge in [0.2, 0.25) is 0 Å². The number of nitrogens with zero attached hydrogens (tertiary/aromatic N) is 2. The molecule has 0 aromatic heterocycles. The molecule has 0 saturated heterocycles. The molecule has 0 N–H and O–H groups in total. The molecular formula is C16H22N2O2S2-2. The number of thiol groups is 2. The zero-order valence-corrected chi connectivity index (χ0v) is 15.1. The van der Waals surface area contributed by atoms with Gasteiger partial charge in [-0.15, -0.1) is 0 Å². The normalized spacial score (nSPS) is 14.3. The van der Waals surface area contributed by atoms with E-state index in [4.69, 9.17) is 0 Å². The van der Waals surface area contributed by atoms with Crippen molar-refractivity contribution in [1.29, 1.82) is 0 Å². The molecule has 0 saturated carbocycles. The van der Waals surface area contributed by atoms with Crippen LogP contribution in [0.4, 0.5) is 11.4 Å². The predicted octanol–water partition coefficient (Wildman–Crippen LogP) is 2.66. The van der Waals surface area contributed by atoms with E-state index in [-0.39, 0.29) is 24.6 Å². The molecule has 4 nitrogen and oxygen atoms in total. The van der Waals surface area contributed by atoms with Gasteiger partial charge >= 0.3 is 0 Å². The molecule has 0 aliphatic rings. The minimum Gasteiger partial charge on any atom is -0.862 e.